The van der Waals surface area contributed by atoms with Crippen LogP contribution in [0, 0.1) is 0 Å². The summed E-state index contributed by atoms with van der Waals surface area (Å²) >= 11 is 0. The number of hydrogen-bond acceptors (Lipinski definition) is 8. The molecular formula is H4Na3O11P3. The van der Waals surface area contributed by atoms with Crippen LogP contribution in [0.1, 0.15) is 0 Å². The quantitative estimate of drug-likeness (QED) is 0.363. The smallest absolute Gasteiger partial charge is 0.790 e. The van der Waals surface area contributed by atoms with E-state index in [0.717, 1.165) is 0 Å². The SMILES string of the molecule is O.O=P([O-])([O-])OP(=O)([O-])OP(=O)(O)O.[Na+].[Na+].[Na+]. The average Bonchev–Trinajstić information content (AvgIpc) is 1.43. The Morgan fingerprint density at radius 1 is 0.824 bits per heavy atom. The Bertz CT molecular complexity index is 284. The van der Waals surface area contributed by atoms with Gasteiger partial charge in [-0.3, -0.25) is 8.88 Å². The third-order valence-corrected chi connectivity index (χ3v) is 3.66. The zero-order chi connectivity index (χ0) is 10.9. The van der Waals surface area contributed by atoms with Crippen LogP contribution in [0.2, 0.25) is 0 Å². The molecule has 0 aliphatic carbocycles. The number of rotatable bonds is 4. The zero-order valence-corrected chi connectivity index (χ0v) is 17.7. The molecule has 0 rings (SSSR count). The molecule has 0 aliphatic heterocycles. The van der Waals surface area contributed by atoms with Gasteiger partial charge in [0.2, 0.25) is 0 Å². The fourth-order valence-electron chi connectivity index (χ4n) is 0.268. The van der Waals surface area contributed by atoms with Crippen molar-refractivity contribution in [3.63, 3.8) is 0 Å². The van der Waals surface area contributed by atoms with Crippen LogP contribution >= 0.6 is 23.5 Å². The fourth-order valence-corrected chi connectivity index (χ4v) is 2.68. The molecule has 1 unspecified atom stereocenters. The molecule has 0 aromatic heterocycles. The average molecular weight is 342 g/mol. The van der Waals surface area contributed by atoms with Crippen molar-refractivity contribution in [3.05, 3.63) is 0 Å². The van der Waals surface area contributed by atoms with Crippen LogP contribution in [0.15, 0.2) is 0 Å². The normalized spacial score (nSPS) is 13.9. The van der Waals surface area contributed by atoms with Gasteiger partial charge in [0.15, 0.2) is 0 Å². The molecule has 1 atom stereocenters. The molecule has 0 radical (unpaired) electrons. The van der Waals surface area contributed by atoms with Crippen LogP contribution in [0.25, 0.3) is 0 Å². The van der Waals surface area contributed by atoms with Crippen LogP contribution in [-0.2, 0) is 22.3 Å². The first-order chi connectivity index (χ1) is 5.41. The molecule has 17 heavy (non-hydrogen) atoms. The maximum absolute atomic E-state index is 10.2. The Morgan fingerprint density at radius 3 is 1.29 bits per heavy atom. The summed E-state index contributed by atoms with van der Waals surface area (Å²) in [4.78, 5) is 45.3. The maximum atomic E-state index is 10.2. The van der Waals surface area contributed by atoms with Gasteiger partial charge in [-0.2, -0.15) is 0 Å². The van der Waals surface area contributed by atoms with Crippen LogP contribution < -0.4 is 103 Å². The minimum absolute atomic E-state index is 0. The minimum atomic E-state index is -5.92. The Morgan fingerprint density at radius 2 is 1.12 bits per heavy atom. The van der Waals surface area contributed by atoms with Crippen molar-refractivity contribution < 1.29 is 141 Å². The van der Waals surface area contributed by atoms with Crippen molar-refractivity contribution in [2.24, 2.45) is 0 Å². The van der Waals surface area contributed by atoms with Crippen molar-refractivity contribution in [1.82, 2.24) is 0 Å². The number of hydrogen-bond donors (Lipinski definition) is 2. The molecule has 0 spiro atoms. The fraction of sp³-hybridized carbons (Fsp3) is 0. The second kappa shape index (κ2) is 12.0. The summed E-state index contributed by atoms with van der Waals surface area (Å²) in [6, 6.07) is 0. The van der Waals surface area contributed by atoms with E-state index in [1.165, 1.54) is 0 Å². The van der Waals surface area contributed by atoms with Crippen molar-refractivity contribution in [1.29, 1.82) is 0 Å². The van der Waals surface area contributed by atoms with Gasteiger partial charge in [0, 0.05) is 0 Å². The van der Waals surface area contributed by atoms with Crippen LogP contribution in [0.3, 0.4) is 0 Å². The summed E-state index contributed by atoms with van der Waals surface area (Å²) in [6.07, 6.45) is 0. The van der Waals surface area contributed by atoms with Gasteiger partial charge in [0.25, 0.3) is 7.82 Å². The Labute approximate surface area is 162 Å². The molecule has 0 aromatic rings. The standard InChI is InChI=1S/3Na.H5O10P3.H2O/c;;;1-11(2,3)9-13(7,8)10-12(4,5)6;/h;;;(H,7,8)(H2,1,2,3)(H2,4,5,6);1H2/q3*+1;;/p-3. The molecule has 0 heterocycles. The van der Waals surface area contributed by atoms with Gasteiger partial charge in [-0.25, -0.2) is 8.88 Å². The van der Waals surface area contributed by atoms with Gasteiger partial charge in [-0.1, -0.05) is 0 Å². The monoisotopic (exact) mass is 342 g/mol. The van der Waals surface area contributed by atoms with Gasteiger partial charge >= 0.3 is 96.5 Å². The van der Waals surface area contributed by atoms with E-state index < -0.39 is 23.5 Å². The summed E-state index contributed by atoms with van der Waals surface area (Å²) in [7, 11) is -17.2. The van der Waals surface area contributed by atoms with E-state index in [9.17, 15) is 28.4 Å². The van der Waals surface area contributed by atoms with E-state index >= 15 is 0 Å². The predicted molar refractivity (Wildman–Crippen MR) is 33.0 cm³/mol. The van der Waals surface area contributed by atoms with Crippen LogP contribution in [-0.4, -0.2) is 15.3 Å². The molecule has 11 nitrogen and oxygen atoms in total. The van der Waals surface area contributed by atoms with Crippen molar-refractivity contribution in [2.45, 2.75) is 0 Å². The molecule has 4 N–H and O–H groups in total. The minimum Gasteiger partial charge on any atom is -0.790 e. The van der Waals surface area contributed by atoms with E-state index in [-0.39, 0.29) is 94.1 Å². The van der Waals surface area contributed by atoms with Crippen LogP contribution in [0.4, 0.5) is 0 Å². The van der Waals surface area contributed by atoms with Gasteiger partial charge in [0.1, 0.15) is 0 Å². The van der Waals surface area contributed by atoms with Crippen molar-refractivity contribution in [3.8, 4) is 0 Å². The molecule has 0 fully saturated rings. The summed E-state index contributed by atoms with van der Waals surface area (Å²) < 4.78 is 35.3. The van der Waals surface area contributed by atoms with Gasteiger partial charge < -0.3 is 34.5 Å². The molecule has 0 amide bonds. The van der Waals surface area contributed by atoms with Crippen molar-refractivity contribution in [2.75, 3.05) is 0 Å². The molecule has 17 heteroatoms. The first-order valence-electron chi connectivity index (χ1n) is 2.23. The van der Waals surface area contributed by atoms with E-state index in [2.05, 4.69) is 8.62 Å². The van der Waals surface area contributed by atoms with E-state index in [1.807, 2.05) is 0 Å². The molecule has 0 saturated carbocycles. The summed E-state index contributed by atoms with van der Waals surface area (Å²) in [5.74, 6) is 0. The van der Waals surface area contributed by atoms with Gasteiger partial charge in [0.05, 0.1) is 7.82 Å². The third kappa shape index (κ3) is 24.7. The maximum Gasteiger partial charge on any atom is 1.00 e. The van der Waals surface area contributed by atoms with Crippen molar-refractivity contribution >= 4 is 23.5 Å². The first kappa shape index (κ1) is 32.4. The molecule has 0 aliphatic rings. The van der Waals surface area contributed by atoms with Crippen LogP contribution in [0.5, 0.6) is 0 Å². The van der Waals surface area contributed by atoms with Gasteiger partial charge in [-0.15, -0.1) is 0 Å². The topological polar surface area (TPSA) is 211 Å². The Balaban J connectivity index is -0.000000120. The van der Waals surface area contributed by atoms with Gasteiger partial charge in [-0.05, 0) is 0 Å². The predicted octanol–water partition coefficient (Wildman–Crippen LogP) is -12.4. The summed E-state index contributed by atoms with van der Waals surface area (Å²) in [6.45, 7) is 0. The summed E-state index contributed by atoms with van der Waals surface area (Å²) in [5.41, 5.74) is 0. The Hall–Kier alpha value is 3.37. The third-order valence-electron chi connectivity index (χ3n) is 0.406. The molecule has 0 aromatic carbocycles. The number of phosphoric acid groups is 3. The zero-order valence-electron chi connectivity index (χ0n) is 9.00. The molecule has 88 valence electrons. The largest absolute Gasteiger partial charge is 1.00 e. The summed E-state index contributed by atoms with van der Waals surface area (Å²) in [5, 5.41) is 0. The molecule has 0 saturated heterocycles. The van der Waals surface area contributed by atoms with E-state index in [0.29, 0.717) is 0 Å². The van der Waals surface area contributed by atoms with E-state index in [1.54, 1.807) is 0 Å². The second-order valence-electron chi connectivity index (χ2n) is 1.55. The second-order valence-corrected chi connectivity index (χ2v) is 5.62. The molecular weight excluding hydrogens is 338 g/mol. The van der Waals surface area contributed by atoms with E-state index in [4.69, 9.17) is 9.79 Å². The molecule has 0 bridgehead atoms. The first-order valence-corrected chi connectivity index (χ1v) is 6.68. The Kier molecular flexibility index (Phi) is 22.8.